The molecule has 22 heavy (non-hydrogen) atoms. The number of carbonyl (C=O) groups is 1. The molecule has 0 aliphatic rings. The average molecular weight is 321 g/mol. The van der Waals surface area contributed by atoms with E-state index in [1.165, 1.54) is 23.5 Å². The fraction of sp³-hybridized carbons (Fsp3) is 0.286. The van der Waals surface area contributed by atoms with Gasteiger partial charge in [0.2, 0.25) is 0 Å². The Labute approximate surface area is 131 Å². The molecule has 1 N–H and O–H groups in total. The fourth-order valence-electron chi connectivity index (χ4n) is 1.63. The number of hydrogen-bond acceptors (Lipinski definition) is 6. The molecule has 0 aliphatic carbocycles. The lowest BCUT2D eigenvalue weighted by atomic mass is 10.1. The molecule has 0 atom stereocenters. The van der Waals surface area contributed by atoms with Gasteiger partial charge in [-0.2, -0.15) is 0 Å². The Balaban J connectivity index is 2.13. The molecule has 7 nitrogen and oxygen atoms in total. The summed E-state index contributed by atoms with van der Waals surface area (Å²) in [5.74, 6) is 0. The zero-order valence-electron chi connectivity index (χ0n) is 12.3. The van der Waals surface area contributed by atoms with E-state index in [2.05, 4.69) is 10.3 Å². The van der Waals surface area contributed by atoms with Crippen LogP contribution in [0.1, 0.15) is 20.8 Å². The van der Waals surface area contributed by atoms with Gasteiger partial charge in [-0.15, -0.1) is 11.3 Å². The Morgan fingerprint density at radius 3 is 2.77 bits per heavy atom. The van der Waals surface area contributed by atoms with Crippen LogP contribution in [0.4, 0.5) is 15.6 Å². The van der Waals surface area contributed by atoms with Crippen LogP contribution in [-0.2, 0) is 4.74 Å². The van der Waals surface area contributed by atoms with Gasteiger partial charge in [0.05, 0.1) is 10.6 Å². The molecular formula is C14H15N3O4S. The standard InChI is InChI=1S/C14H15N3O4S/c1-14(2,3)21-13(18)16-12-15-11(8-22-12)9-5-4-6-10(7-9)17(19)20/h4-8H,1-3H3,(H,15,16,18). The smallest absolute Gasteiger partial charge is 0.413 e. The van der Waals surface area contributed by atoms with Crippen molar-refractivity contribution in [3.8, 4) is 11.3 Å². The summed E-state index contributed by atoms with van der Waals surface area (Å²) in [5, 5.41) is 15.4. The lowest BCUT2D eigenvalue weighted by molar-refractivity contribution is -0.384. The average Bonchev–Trinajstić information content (AvgIpc) is 2.85. The van der Waals surface area contributed by atoms with Crippen LogP contribution in [0, 0.1) is 10.1 Å². The van der Waals surface area contributed by atoms with Crippen LogP contribution in [0.2, 0.25) is 0 Å². The molecule has 1 amide bonds. The maximum absolute atomic E-state index is 11.7. The van der Waals surface area contributed by atoms with E-state index in [1.54, 1.807) is 38.3 Å². The molecule has 0 aliphatic heterocycles. The summed E-state index contributed by atoms with van der Waals surface area (Å²) in [6, 6.07) is 6.16. The van der Waals surface area contributed by atoms with Crippen LogP contribution in [0.5, 0.6) is 0 Å². The van der Waals surface area contributed by atoms with Gasteiger partial charge in [-0.25, -0.2) is 9.78 Å². The van der Waals surface area contributed by atoms with Crippen molar-refractivity contribution in [1.29, 1.82) is 0 Å². The molecule has 0 spiro atoms. The van der Waals surface area contributed by atoms with E-state index in [9.17, 15) is 14.9 Å². The number of rotatable bonds is 3. The number of amides is 1. The van der Waals surface area contributed by atoms with Crippen LogP contribution in [0.25, 0.3) is 11.3 Å². The Bertz CT molecular complexity index is 706. The number of anilines is 1. The maximum atomic E-state index is 11.7. The topological polar surface area (TPSA) is 94.4 Å². The zero-order chi connectivity index (χ0) is 16.3. The van der Waals surface area contributed by atoms with Crippen LogP contribution in [-0.4, -0.2) is 21.6 Å². The van der Waals surface area contributed by atoms with E-state index in [-0.39, 0.29) is 5.69 Å². The van der Waals surface area contributed by atoms with Crippen LogP contribution in [0.3, 0.4) is 0 Å². The number of nitrogens with one attached hydrogen (secondary N) is 1. The number of aromatic nitrogens is 1. The predicted molar refractivity (Wildman–Crippen MR) is 84.1 cm³/mol. The summed E-state index contributed by atoms with van der Waals surface area (Å²) in [4.78, 5) is 26.2. The molecule has 1 heterocycles. The van der Waals surface area contributed by atoms with Crippen LogP contribution < -0.4 is 5.32 Å². The number of nitro groups is 1. The first-order valence-electron chi connectivity index (χ1n) is 6.45. The molecule has 0 saturated heterocycles. The highest BCUT2D eigenvalue weighted by Crippen LogP contribution is 2.27. The van der Waals surface area contributed by atoms with Crippen molar-refractivity contribution in [2.24, 2.45) is 0 Å². The van der Waals surface area contributed by atoms with Gasteiger partial charge in [0, 0.05) is 23.1 Å². The largest absolute Gasteiger partial charge is 0.444 e. The molecular weight excluding hydrogens is 306 g/mol. The lowest BCUT2D eigenvalue weighted by Gasteiger charge is -2.18. The number of thiazole rings is 1. The number of hydrogen-bond donors (Lipinski definition) is 1. The highest BCUT2D eigenvalue weighted by atomic mass is 32.1. The molecule has 2 aromatic rings. The van der Waals surface area contributed by atoms with Crippen LogP contribution in [0.15, 0.2) is 29.6 Å². The monoisotopic (exact) mass is 321 g/mol. The highest BCUT2D eigenvalue weighted by molar-refractivity contribution is 7.14. The molecule has 0 radical (unpaired) electrons. The second kappa shape index (κ2) is 6.10. The van der Waals surface area contributed by atoms with Gasteiger partial charge >= 0.3 is 6.09 Å². The Kier molecular flexibility index (Phi) is 4.41. The minimum Gasteiger partial charge on any atom is -0.444 e. The summed E-state index contributed by atoms with van der Waals surface area (Å²) in [7, 11) is 0. The number of nitro benzene ring substituents is 1. The zero-order valence-corrected chi connectivity index (χ0v) is 13.1. The van der Waals surface area contributed by atoms with E-state index in [0.717, 1.165) is 0 Å². The van der Waals surface area contributed by atoms with E-state index in [4.69, 9.17) is 4.74 Å². The number of non-ortho nitro benzene ring substituents is 1. The van der Waals surface area contributed by atoms with E-state index in [1.807, 2.05) is 0 Å². The second-order valence-electron chi connectivity index (χ2n) is 5.47. The second-order valence-corrected chi connectivity index (χ2v) is 6.33. The van der Waals surface area contributed by atoms with E-state index < -0.39 is 16.6 Å². The summed E-state index contributed by atoms with van der Waals surface area (Å²) >= 11 is 1.22. The third kappa shape index (κ3) is 4.26. The molecule has 116 valence electrons. The molecule has 1 aromatic carbocycles. The first kappa shape index (κ1) is 15.9. The highest BCUT2D eigenvalue weighted by Gasteiger charge is 2.17. The SMILES string of the molecule is CC(C)(C)OC(=O)Nc1nc(-c2cccc([N+](=O)[O-])c2)cs1. The summed E-state index contributed by atoms with van der Waals surface area (Å²) < 4.78 is 5.13. The van der Waals surface area contributed by atoms with Crippen molar-refractivity contribution in [2.45, 2.75) is 26.4 Å². The third-order valence-electron chi connectivity index (χ3n) is 2.46. The van der Waals surface area contributed by atoms with Crippen molar-refractivity contribution in [2.75, 3.05) is 5.32 Å². The molecule has 2 rings (SSSR count). The quantitative estimate of drug-likeness (QED) is 0.679. The number of carbonyl (C=O) groups excluding carboxylic acids is 1. The fourth-order valence-corrected chi connectivity index (χ4v) is 2.34. The van der Waals surface area contributed by atoms with Gasteiger partial charge in [-0.1, -0.05) is 12.1 Å². The van der Waals surface area contributed by atoms with Crippen molar-refractivity contribution in [3.05, 3.63) is 39.8 Å². The van der Waals surface area contributed by atoms with Gasteiger partial charge in [-0.05, 0) is 20.8 Å². The number of ether oxygens (including phenoxy) is 1. The molecule has 1 aromatic heterocycles. The molecule has 8 heteroatoms. The molecule has 0 fully saturated rings. The van der Waals surface area contributed by atoms with E-state index in [0.29, 0.717) is 16.4 Å². The number of nitrogens with zero attached hydrogens (tertiary/aromatic N) is 2. The van der Waals surface area contributed by atoms with Gasteiger partial charge in [0.15, 0.2) is 5.13 Å². The normalized spacial score (nSPS) is 11.0. The van der Waals surface area contributed by atoms with Crippen molar-refractivity contribution < 1.29 is 14.5 Å². The van der Waals surface area contributed by atoms with Gasteiger partial charge < -0.3 is 4.74 Å². The molecule has 0 bridgehead atoms. The summed E-state index contributed by atoms with van der Waals surface area (Å²) in [5.41, 5.74) is 0.569. The van der Waals surface area contributed by atoms with Gasteiger partial charge in [0.25, 0.3) is 5.69 Å². The third-order valence-corrected chi connectivity index (χ3v) is 3.22. The number of benzene rings is 1. The Morgan fingerprint density at radius 2 is 2.14 bits per heavy atom. The Morgan fingerprint density at radius 1 is 1.41 bits per heavy atom. The minimum atomic E-state index is -0.593. The minimum absolute atomic E-state index is 0.00727. The Hall–Kier alpha value is -2.48. The van der Waals surface area contributed by atoms with Crippen LogP contribution >= 0.6 is 11.3 Å². The molecule has 0 unspecified atom stereocenters. The lowest BCUT2D eigenvalue weighted by Crippen LogP contribution is -2.27. The van der Waals surface area contributed by atoms with Crippen molar-refractivity contribution in [3.63, 3.8) is 0 Å². The van der Waals surface area contributed by atoms with Crippen molar-refractivity contribution in [1.82, 2.24) is 4.98 Å². The van der Waals surface area contributed by atoms with E-state index >= 15 is 0 Å². The predicted octanol–water partition coefficient (Wildman–Crippen LogP) is 4.07. The first-order valence-corrected chi connectivity index (χ1v) is 7.33. The first-order chi connectivity index (χ1) is 10.2. The summed E-state index contributed by atoms with van der Waals surface area (Å²) in [6.45, 7) is 5.30. The maximum Gasteiger partial charge on any atom is 0.413 e. The van der Waals surface area contributed by atoms with Gasteiger partial charge in [-0.3, -0.25) is 15.4 Å². The van der Waals surface area contributed by atoms with Crippen molar-refractivity contribution >= 4 is 28.2 Å². The summed E-state index contributed by atoms with van der Waals surface area (Å²) in [6.07, 6.45) is -0.590. The molecule has 0 saturated carbocycles. The van der Waals surface area contributed by atoms with Gasteiger partial charge in [0.1, 0.15) is 5.60 Å².